The number of halogens is 5. The third kappa shape index (κ3) is 4.59. The largest absolute Gasteiger partial charge is 0.508 e. The van der Waals surface area contributed by atoms with Gasteiger partial charge in [0, 0.05) is 5.56 Å². The predicted molar refractivity (Wildman–Crippen MR) is 64.7 cm³/mol. The number of carbonyl (C=O) groups excluding carboxylic acids is 1. The second kappa shape index (κ2) is 6.37. The highest BCUT2D eigenvalue weighted by Gasteiger charge is 2.64. The molecule has 0 spiro atoms. The number of hydrogen-bond acceptors (Lipinski definition) is 5. The van der Waals surface area contributed by atoms with Crippen LogP contribution in [-0.4, -0.2) is 48.0 Å². The SMILES string of the molecule is O=C(COC(C(F)(F)F)C(F)(F)S(=O)(=O)O)c1ccc(O)cc1. The van der Waals surface area contributed by atoms with Gasteiger partial charge in [0.25, 0.3) is 0 Å². The van der Waals surface area contributed by atoms with Gasteiger partial charge in [-0.3, -0.25) is 9.35 Å². The number of alkyl halides is 5. The molecule has 1 atom stereocenters. The minimum Gasteiger partial charge on any atom is -0.508 e. The van der Waals surface area contributed by atoms with Crippen LogP contribution in [0.3, 0.4) is 0 Å². The summed E-state index contributed by atoms with van der Waals surface area (Å²) in [5.41, 5.74) is -0.265. The van der Waals surface area contributed by atoms with E-state index < -0.39 is 40.0 Å². The van der Waals surface area contributed by atoms with Crippen molar-refractivity contribution < 1.29 is 49.6 Å². The molecule has 0 aromatic heterocycles. The fourth-order valence-corrected chi connectivity index (χ4v) is 1.88. The molecule has 23 heavy (non-hydrogen) atoms. The Bertz CT molecular complexity index is 667. The standard InChI is InChI=1S/C11H9F5O6S/c12-10(13,14)9(11(15,16)23(19,20)21)22-5-8(18)6-1-3-7(17)4-2-6/h1-4,9,17H,5H2,(H,19,20,21). The van der Waals surface area contributed by atoms with Crippen molar-refractivity contribution in [1.29, 1.82) is 0 Å². The second-order valence-electron chi connectivity index (χ2n) is 4.24. The third-order valence-electron chi connectivity index (χ3n) is 2.52. The summed E-state index contributed by atoms with van der Waals surface area (Å²) < 4.78 is 96.7. The normalized spacial score (nSPS) is 14.5. The van der Waals surface area contributed by atoms with E-state index in [2.05, 4.69) is 4.74 Å². The Kier molecular flexibility index (Phi) is 5.34. The van der Waals surface area contributed by atoms with Crippen molar-refractivity contribution in [3.05, 3.63) is 29.8 Å². The minimum absolute atomic E-state index is 0.256. The van der Waals surface area contributed by atoms with E-state index in [0.717, 1.165) is 24.3 Å². The molecule has 0 radical (unpaired) electrons. The van der Waals surface area contributed by atoms with Crippen LogP contribution in [0.15, 0.2) is 24.3 Å². The monoisotopic (exact) mass is 364 g/mol. The molecule has 0 aliphatic rings. The number of ether oxygens (including phenoxy) is 1. The van der Waals surface area contributed by atoms with Crippen molar-refractivity contribution in [3.8, 4) is 5.75 Å². The number of phenolic OH excluding ortho intramolecular Hbond substituents is 1. The van der Waals surface area contributed by atoms with Crippen molar-refractivity contribution in [2.75, 3.05) is 6.61 Å². The summed E-state index contributed by atoms with van der Waals surface area (Å²) in [6, 6.07) is 4.01. The number of carbonyl (C=O) groups is 1. The molecule has 0 bridgehead atoms. The van der Waals surface area contributed by atoms with E-state index in [-0.39, 0.29) is 11.3 Å². The van der Waals surface area contributed by atoms with Gasteiger partial charge in [-0.25, -0.2) is 0 Å². The van der Waals surface area contributed by atoms with E-state index >= 15 is 0 Å². The first-order chi connectivity index (χ1) is 10.3. The molecule has 0 saturated carbocycles. The van der Waals surface area contributed by atoms with Gasteiger partial charge in [0.1, 0.15) is 12.4 Å². The number of aromatic hydroxyl groups is 1. The van der Waals surface area contributed by atoms with Gasteiger partial charge >= 0.3 is 21.5 Å². The van der Waals surface area contributed by atoms with Crippen molar-refractivity contribution in [2.45, 2.75) is 17.5 Å². The van der Waals surface area contributed by atoms with Gasteiger partial charge in [0.2, 0.25) is 6.10 Å². The summed E-state index contributed by atoms with van der Waals surface area (Å²) >= 11 is 0. The molecule has 0 fully saturated rings. The van der Waals surface area contributed by atoms with E-state index in [4.69, 9.17) is 9.66 Å². The molecule has 1 aromatic carbocycles. The van der Waals surface area contributed by atoms with E-state index in [1.165, 1.54) is 0 Å². The summed E-state index contributed by atoms with van der Waals surface area (Å²) in [6.07, 6.45) is -10.1. The summed E-state index contributed by atoms with van der Waals surface area (Å²) in [5, 5.41) is 3.28. The van der Waals surface area contributed by atoms with Gasteiger partial charge in [-0.15, -0.1) is 0 Å². The van der Waals surface area contributed by atoms with Crippen LogP contribution < -0.4 is 0 Å². The van der Waals surface area contributed by atoms with E-state index in [9.17, 15) is 35.2 Å². The van der Waals surface area contributed by atoms with Gasteiger partial charge in [-0.1, -0.05) is 0 Å². The Hall–Kier alpha value is -1.79. The number of ketones is 1. The third-order valence-corrected chi connectivity index (χ3v) is 3.42. The average molecular weight is 364 g/mol. The van der Waals surface area contributed by atoms with Gasteiger partial charge < -0.3 is 9.84 Å². The van der Waals surface area contributed by atoms with Gasteiger partial charge in [-0.2, -0.15) is 30.4 Å². The predicted octanol–water partition coefficient (Wildman–Crippen LogP) is 2.00. The minimum atomic E-state index is -6.43. The lowest BCUT2D eigenvalue weighted by atomic mass is 10.1. The van der Waals surface area contributed by atoms with Crippen molar-refractivity contribution in [2.24, 2.45) is 0 Å². The molecule has 0 saturated heterocycles. The molecular formula is C11H9F5O6S. The molecule has 2 N–H and O–H groups in total. The molecule has 1 unspecified atom stereocenters. The number of Topliss-reactive ketones (excluding diaryl/α,β-unsaturated/α-hetero) is 1. The Balaban J connectivity index is 2.96. The van der Waals surface area contributed by atoms with Crippen molar-refractivity contribution in [1.82, 2.24) is 0 Å². The zero-order valence-corrected chi connectivity index (χ0v) is 11.7. The van der Waals surface area contributed by atoms with Crippen LogP contribution in [0.5, 0.6) is 5.75 Å². The molecule has 6 nitrogen and oxygen atoms in total. The quantitative estimate of drug-likeness (QED) is 0.455. The van der Waals surface area contributed by atoms with E-state index in [0.29, 0.717) is 0 Å². The summed E-state index contributed by atoms with van der Waals surface area (Å²) in [5.74, 6) is -1.43. The lowest BCUT2D eigenvalue weighted by molar-refractivity contribution is -0.261. The average Bonchev–Trinajstić information content (AvgIpc) is 2.36. The number of benzene rings is 1. The van der Waals surface area contributed by atoms with Gasteiger partial charge in [-0.05, 0) is 24.3 Å². The maximum atomic E-state index is 13.2. The Morgan fingerprint density at radius 3 is 2.00 bits per heavy atom. The highest BCUT2D eigenvalue weighted by molar-refractivity contribution is 7.86. The van der Waals surface area contributed by atoms with Crippen LogP contribution in [0, 0.1) is 0 Å². The first-order valence-corrected chi connectivity index (χ1v) is 7.06. The zero-order valence-electron chi connectivity index (χ0n) is 10.9. The van der Waals surface area contributed by atoms with Crippen LogP contribution in [0.4, 0.5) is 22.0 Å². The number of phenols is 1. The number of rotatable bonds is 6. The van der Waals surface area contributed by atoms with Crippen LogP contribution >= 0.6 is 0 Å². The van der Waals surface area contributed by atoms with E-state index in [1.54, 1.807) is 0 Å². The molecule has 0 amide bonds. The summed E-state index contributed by atoms with van der Waals surface area (Å²) in [6.45, 7) is -1.53. The van der Waals surface area contributed by atoms with E-state index in [1.807, 2.05) is 0 Å². The molecule has 1 aromatic rings. The van der Waals surface area contributed by atoms with Gasteiger partial charge in [0.15, 0.2) is 5.78 Å². The molecule has 0 aliphatic carbocycles. The number of hydrogen-bond donors (Lipinski definition) is 2. The highest BCUT2D eigenvalue weighted by Crippen LogP contribution is 2.37. The molecular weight excluding hydrogens is 355 g/mol. The molecule has 0 heterocycles. The lowest BCUT2D eigenvalue weighted by Crippen LogP contribution is -2.51. The maximum Gasteiger partial charge on any atom is 0.421 e. The van der Waals surface area contributed by atoms with Crippen LogP contribution in [0.1, 0.15) is 10.4 Å². The highest BCUT2D eigenvalue weighted by atomic mass is 32.2. The van der Waals surface area contributed by atoms with Crippen LogP contribution in [-0.2, 0) is 14.9 Å². The smallest absolute Gasteiger partial charge is 0.421 e. The Morgan fingerprint density at radius 2 is 1.61 bits per heavy atom. The first-order valence-electron chi connectivity index (χ1n) is 5.62. The zero-order chi connectivity index (χ0) is 18.1. The van der Waals surface area contributed by atoms with Crippen molar-refractivity contribution in [3.63, 3.8) is 0 Å². The molecule has 12 heteroatoms. The summed E-state index contributed by atoms with van der Waals surface area (Å²) in [7, 11) is -6.43. The molecule has 0 aliphatic heterocycles. The summed E-state index contributed by atoms with van der Waals surface area (Å²) in [4.78, 5) is 11.5. The first kappa shape index (κ1) is 19.3. The Morgan fingerprint density at radius 1 is 1.13 bits per heavy atom. The van der Waals surface area contributed by atoms with Gasteiger partial charge in [0.05, 0.1) is 0 Å². The maximum absolute atomic E-state index is 13.2. The fourth-order valence-electron chi connectivity index (χ4n) is 1.41. The van der Waals surface area contributed by atoms with Crippen LogP contribution in [0.25, 0.3) is 0 Å². The second-order valence-corrected chi connectivity index (χ2v) is 5.73. The van der Waals surface area contributed by atoms with Crippen molar-refractivity contribution >= 4 is 15.9 Å². The molecule has 130 valence electrons. The lowest BCUT2D eigenvalue weighted by Gasteiger charge is -2.26. The van der Waals surface area contributed by atoms with Crippen LogP contribution in [0.2, 0.25) is 0 Å². The topological polar surface area (TPSA) is 101 Å². The molecule has 1 rings (SSSR count). The Labute approximate surface area is 126 Å². The fraction of sp³-hybridized carbons (Fsp3) is 0.364.